The summed E-state index contributed by atoms with van der Waals surface area (Å²) >= 11 is 3.33. The van der Waals surface area contributed by atoms with Gasteiger partial charge < -0.3 is 10.2 Å². The molecule has 144 valence electrons. The third kappa shape index (κ3) is 6.51. The Labute approximate surface area is 164 Å². The van der Waals surface area contributed by atoms with Crippen LogP contribution in [-0.2, 0) is 9.59 Å². The molecule has 0 spiro atoms. The third-order valence-electron chi connectivity index (χ3n) is 5.27. The molecule has 0 aromatic rings. The van der Waals surface area contributed by atoms with Gasteiger partial charge in [-0.1, -0.05) is 50.0 Å². The van der Waals surface area contributed by atoms with Crippen molar-refractivity contribution in [1.29, 1.82) is 0 Å². The second-order valence-corrected chi connectivity index (χ2v) is 8.15. The molecule has 0 aliphatic heterocycles. The first-order valence-corrected chi connectivity index (χ1v) is 10.5. The fraction of sp³-hybridized carbons (Fsp3) is 0.619. The Morgan fingerprint density at radius 3 is 2.65 bits per heavy atom. The number of carbonyl (C=O) groups excluding carboxylic acids is 1. The number of hydrogen-bond donors (Lipinski definition) is 2. The highest BCUT2D eigenvalue weighted by atomic mass is 79.9. The molecule has 1 saturated carbocycles. The van der Waals surface area contributed by atoms with Crippen LogP contribution in [0.1, 0.15) is 64.2 Å². The van der Waals surface area contributed by atoms with Crippen molar-refractivity contribution in [3.8, 4) is 0 Å². The lowest BCUT2D eigenvalue weighted by molar-refractivity contribution is -0.137. The lowest BCUT2D eigenvalue weighted by atomic mass is 9.84. The van der Waals surface area contributed by atoms with Gasteiger partial charge in [-0.05, 0) is 54.0 Å². The number of rotatable bonds is 9. The van der Waals surface area contributed by atoms with Crippen LogP contribution in [0.25, 0.3) is 0 Å². The smallest absolute Gasteiger partial charge is 0.303 e. The van der Waals surface area contributed by atoms with Crippen LogP contribution in [0.4, 0.5) is 0 Å². The Morgan fingerprint density at radius 2 is 1.96 bits per heavy atom. The number of carboxylic acid groups (broad SMARTS) is 1. The molecule has 4 nitrogen and oxygen atoms in total. The van der Waals surface area contributed by atoms with Crippen LogP contribution in [0.5, 0.6) is 0 Å². The second-order valence-electron chi connectivity index (χ2n) is 7.30. The van der Waals surface area contributed by atoms with Gasteiger partial charge in [0.15, 0.2) is 5.78 Å². The molecule has 1 fully saturated rings. The Hall–Kier alpha value is -1.20. The molecule has 2 aliphatic carbocycles. The summed E-state index contributed by atoms with van der Waals surface area (Å²) in [6.45, 7) is 0. The second kappa shape index (κ2) is 10.8. The van der Waals surface area contributed by atoms with Gasteiger partial charge in [0.25, 0.3) is 0 Å². The van der Waals surface area contributed by atoms with Gasteiger partial charge in [-0.3, -0.25) is 9.59 Å². The number of allylic oxidation sites excluding steroid dienone is 5. The van der Waals surface area contributed by atoms with E-state index in [1.54, 1.807) is 0 Å². The average Bonchev–Trinajstić information content (AvgIpc) is 2.90. The summed E-state index contributed by atoms with van der Waals surface area (Å²) in [6.07, 6.45) is 16.4. The summed E-state index contributed by atoms with van der Waals surface area (Å²) in [6, 6.07) is 0. The monoisotopic (exact) mass is 424 g/mol. The largest absolute Gasteiger partial charge is 0.481 e. The first-order valence-electron chi connectivity index (χ1n) is 9.69. The lowest BCUT2D eigenvalue weighted by Gasteiger charge is -2.24. The number of carbonyl (C=O) groups is 2. The van der Waals surface area contributed by atoms with Crippen LogP contribution in [0.3, 0.4) is 0 Å². The van der Waals surface area contributed by atoms with E-state index in [1.807, 2.05) is 24.3 Å². The van der Waals surface area contributed by atoms with Gasteiger partial charge in [0.2, 0.25) is 0 Å². The summed E-state index contributed by atoms with van der Waals surface area (Å²) < 4.78 is 0.580. The van der Waals surface area contributed by atoms with E-state index in [9.17, 15) is 14.7 Å². The molecular weight excluding hydrogens is 396 g/mol. The topological polar surface area (TPSA) is 74.6 Å². The summed E-state index contributed by atoms with van der Waals surface area (Å²) in [7, 11) is 0. The number of unbranched alkanes of at least 4 members (excludes halogenated alkanes) is 3. The predicted octanol–water partition coefficient (Wildman–Crippen LogP) is 4.92. The zero-order chi connectivity index (χ0) is 18.9. The van der Waals surface area contributed by atoms with Gasteiger partial charge in [0.1, 0.15) is 0 Å². The molecule has 0 heterocycles. The van der Waals surface area contributed by atoms with Gasteiger partial charge in [-0.15, -0.1) is 0 Å². The molecule has 2 rings (SSSR count). The van der Waals surface area contributed by atoms with E-state index in [0.717, 1.165) is 37.7 Å². The fourth-order valence-corrected chi connectivity index (χ4v) is 4.24. The molecular formula is C21H29BrO4. The summed E-state index contributed by atoms with van der Waals surface area (Å²) in [5, 5.41) is 19.0. The standard InChI is InChI=1S/C21H29BrO4/c22-18-14-16(12-13-19(23)15-8-4-3-5-9-15)17(21(18)26)10-6-1-2-7-11-20(24)25/h10,12-16,19,23H,1-9,11H2,(H,24,25). The van der Waals surface area contributed by atoms with Crippen LogP contribution < -0.4 is 0 Å². The molecule has 0 aromatic heterocycles. The lowest BCUT2D eigenvalue weighted by Crippen LogP contribution is -2.20. The predicted molar refractivity (Wildman–Crippen MR) is 106 cm³/mol. The average molecular weight is 425 g/mol. The van der Waals surface area contributed by atoms with Crippen LogP contribution in [0.2, 0.25) is 0 Å². The Bertz CT molecular complexity index is 585. The van der Waals surface area contributed by atoms with Gasteiger partial charge in [-0.2, -0.15) is 0 Å². The zero-order valence-corrected chi connectivity index (χ0v) is 16.8. The molecule has 0 amide bonds. The van der Waals surface area contributed by atoms with E-state index in [0.29, 0.717) is 16.8 Å². The quantitative estimate of drug-likeness (QED) is 0.312. The van der Waals surface area contributed by atoms with Crippen molar-refractivity contribution in [3.63, 3.8) is 0 Å². The van der Waals surface area contributed by atoms with Crippen molar-refractivity contribution in [3.05, 3.63) is 34.4 Å². The van der Waals surface area contributed by atoms with Crippen molar-refractivity contribution in [2.24, 2.45) is 11.8 Å². The number of aliphatic carboxylic acids is 1. The number of hydrogen-bond acceptors (Lipinski definition) is 3. The molecule has 0 aromatic carbocycles. The molecule has 2 aliphatic rings. The Morgan fingerprint density at radius 1 is 1.23 bits per heavy atom. The van der Waals surface area contributed by atoms with Crippen LogP contribution >= 0.6 is 15.9 Å². The normalized spacial score (nSPS) is 24.4. The third-order valence-corrected chi connectivity index (χ3v) is 5.90. The minimum Gasteiger partial charge on any atom is -0.481 e. The molecule has 26 heavy (non-hydrogen) atoms. The SMILES string of the molecule is O=C(O)CCCCCC=C1C(=O)C(Br)=CC1C=CC(O)C1CCCCC1. The van der Waals surface area contributed by atoms with Gasteiger partial charge >= 0.3 is 5.97 Å². The van der Waals surface area contributed by atoms with Crippen LogP contribution in [0, 0.1) is 11.8 Å². The molecule has 2 unspecified atom stereocenters. The minimum atomic E-state index is -0.760. The minimum absolute atomic E-state index is 0.0114. The highest BCUT2D eigenvalue weighted by molar-refractivity contribution is 9.12. The number of carboxylic acids is 1. The van der Waals surface area contributed by atoms with E-state index in [-0.39, 0.29) is 18.1 Å². The van der Waals surface area contributed by atoms with Crippen LogP contribution in [0.15, 0.2) is 34.4 Å². The molecule has 0 radical (unpaired) electrons. The maximum atomic E-state index is 12.3. The highest BCUT2D eigenvalue weighted by Crippen LogP contribution is 2.33. The number of Topliss-reactive ketones (excluding diaryl/α,β-unsaturated/α-hetero) is 1. The molecule has 0 bridgehead atoms. The number of aliphatic hydroxyl groups excluding tert-OH is 1. The number of ketones is 1. The van der Waals surface area contributed by atoms with Crippen molar-refractivity contribution >= 4 is 27.7 Å². The fourth-order valence-electron chi connectivity index (χ4n) is 3.72. The van der Waals surface area contributed by atoms with E-state index >= 15 is 0 Å². The zero-order valence-electron chi connectivity index (χ0n) is 15.2. The number of aliphatic hydroxyl groups is 1. The summed E-state index contributed by atoms with van der Waals surface area (Å²) in [4.78, 5) is 22.8. The van der Waals surface area contributed by atoms with Gasteiger partial charge in [0, 0.05) is 17.9 Å². The van der Waals surface area contributed by atoms with E-state index in [2.05, 4.69) is 15.9 Å². The Kier molecular flexibility index (Phi) is 8.79. The highest BCUT2D eigenvalue weighted by Gasteiger charge is 2.27. The first kappa shape index (κ1) is 21.1. The van der Waals surface area contributed by atoms with E-state index < -0.39 is 12.1 Å². The maximum absolute atomic E-state index is 12.3. The molecule has 0 saturated heterocycles. The van der Waals surface area contributed by atoms with Crippen molar-refractivity contribution < 1.29 is 19.8 Å². The maximum Gasteiger partial charge on any atom is 0.303 e. The van der Waals surface area contributed by atoms with Gasteiger partial charge in [0.05, 0.1) is 10.6 Å². The first-order chi connectivity index (χ1) is 12.5. The molecule has 2 atom stereocenters. The van der Waals surface area contributed by atoms with Crippen molar-refractivity contribution in [2.45, 2.75) is 70.3 Å². The van der Waals surface area contributed by atoms with E-state index in [1.165, 1.54) is 19.3 Å². The van der Waals surface area contributed by atoms with Crippen molar-refractivity contribution in [1.82, 2.24) is 0 Å². The number of halogens is 1. The van der Waals surface area contributed by atoms with E-state index in [4.69, 9.17) is 5.11 Å². The van der Waals surface area contributed by atoms with Crippen molar-refractivity contribution in [2.75, 3.05) is 0 Å². The van der Waals surface area contributed by atoms with Gasteiger partial charge in [-0.25, -0.2) is 0 Å². The summed E-state index contributed by atoms with van der Waals surface area (Å²) in [5.74, 6) is -0.498. The summed E-state index contributed by atoms with van der Waals surface area (Å²) in [5.41, 5.74) is 0.752. The molecule has 5 heteroatoms. The van der Waals surface area contributed by atoms with Crippen LogP contribution in [-0.4, -0.2) is 28.1 Å². The Balaban J connectivity index is 1.88. The molecule has 2 N–H and O–H groups in total.